The molecule has 1 unspecified atom stereocenters. The van der Waals surface area contributed by atoms with Crippen LogP contribution in [0.15, 0.2) is 52.9 Å². The summed E-state index contributed by atoms with van der Waals surface area (Å²) in [7, 11) is 1.28. The van der Waals surface area contributed by atoms with Gasteiger partial charge in [-0.1, -0.05) is 53.5 Å². The van der Waals surface area contributed by atoms with Gasteiger partial charge in [-0.3, -0.25) is 0 Å². The predicted octanol–water partition coefficient (Wildman–Crippen LogP) is 4.60. The Balaban J connectivity index is 2.02. The zero-order valence-corrected chi connectivity index (χ0v) is 18.2. The molecule has 0 amide bonds. The van der Waals surface area contributed by atoms with E-state index < -0.39 is 17.9 Å². The number of thiazole rings is 1. The topological polar surface area (TPSA) is 77.5 Å². The number of esters is 2. The molecule has 0 saturated carbocycles. The Bertz CT molecular complexity index is 1010. The Kier molecular flexibility index (Phi) is 6.62. The molecular weight excluding hydrogens is 435 g/mol. The third-order valence-electron chi connectivity index (χ3n) is 4.44. The molecule has 0 fully saturated rings. The van der Waals surface area contributed by atoms with Gasteiger partial charge in [0.2, 0.25) is 0 Å². The summed E-state index contributed by atoms with van der Waals surface area (Å²) in [4.78, 5) is 30.1. The number of carbonyl (C=O) groups is 2. The van der Waals surface area contributed by atoms with E-state index in [1.807, 2.05) is 30.3 Å². The summed E-state index contributed by atoms with van der Waals surface area (Å²) in [5.41, 5.74) is 2.47. The highest BCUT2D eigenvalue weighted by molar-refractivity contribution is 7.16. The fourth-order valence-electron chi connectivity index (χ4n) is 3.17. The van der Waals surface area contributed by atoms with Crippen molar-refractivity contribution in [2.24, 2.45) is 0 Å². The van der Waals surface area contributed by atoms with Gasteiger partial charge in [0.05, 0.1) is 29.1 Å². The summed E-state index contributed by atoms with van der Waals surface area (Å²) in [6.45, 7) is 3.56. The van der Waals surface area contributed by atoms with Gasteiger partial charge in [-0.2, -0.15) is 0 Å². The van der Waals surface area contributed by atoms with Gasteiger partial charge in [-0.15, -0.1) is 11.3 Å². The van der Waals surface area contributed by atoms with E-state index in [1.54, 1.807) is 13.8 Å². The van der Waals surface area contributed by atoms with Gasteiger partial charge in [0.1, 0.15) is 11.8 Å². The van der Waals surface area contributed by atoms with Gasteiger partial charge in [0.25, 0.3) is 0 Å². The number of ether oxygens (including phenoxy) is 2. The molecule has 0 bridgehead atoms. The largest absolute Gasteiger partial charge is 0.466 e. The lowest BCUT2D eigenvalue weighted by Crippen LogP contribution is -2.32. The van der Waals surface area contributed by atoms with Crippen molar-refractivity contribution in [3.63, 3.8) is 0 Å². The van der Waals surface area contributed by atoms with E-state index in [1.165, 1.54) is 7.11 Å². The monoisotopic (exact) mass is 452 g/mol. The van der Waals surface area contributed by atoms with Crippen LogP contribution in [0.4, 0.5) is 0 Å². The van der Waals surface area contributed by atoms with E-state index in [2.05, 4.69) is 10.3 Å². The number of carbonyl (C=O) groups excluding carboxylic acids is 2. The Hall–Kier alpha value is -2.35. The SMILES string of the molecule is COC(=O)C1=C(C)NC(C)=C(C(=O)OCc2ccccc2)C1c1sc(Cl)nc1Cl. The number of benzene rings is 1. The Labute approximate surface area is 182 Å². The van der Waals surface area contributed by atoms with Crippen LogP contribution in [0.2, 0.25) is 9.62 Å². The summed E-state index contributed by atoms with van der Waals surface area (Å²) in [5, 5.41) is 3.19. The third kappa shape index (κ3) is 4.47. The molecule has 1 N–H and O–H groups in total. The fraction of sp³-hybridized carbons (Fsp3) is 0.250. The summed E-state index contributed by atoms with van der Waals surface area (Å²) < 4.78 is 10.7. The second kappa shape index (κ2) is 8.98. The van der Waals surface area contributed by atoms with Crippen molar-refractivity contribution >= 4 is 46.5 Å². The number of dihydropyridines is 1. The normalized spacial score (nSPS) is 16.5. The molecule has 9 heteroatoms. The first-order valence-electron chi connectivity index (χ1n) is 8.63. The molecule has 3 rings (SSSR count). The molecule has 2 aromatic rings. The zero-order chi connectivity index (χ0) is 21.1. The molecule has 1 aromatic heterocycles. The minimum Gasteiger partial charge on any atom is -0.466 e. The molecule has 152 valence electrons. The lowest BCUT2D eigenvalue weighted by Gasteiger charge is -2.29. The Morgan fingerprint density at radius 3 is 2.28 bits per heavy atom. The molecular formula is C20H18Cl2N2O4S. The third-order valence-corrected chi connectivity index (χ3v) is 6.07. The maximum Gasteiger partial charge on any atom is 0.337 e. The zero-order valence-electron chi connectivity index (χ0n) is 15.9. The first kappa shape index (κ1) is 21.4. The summed E-state index contributed by atoms with van der Waals surface area (Å²) >= 11 is 13.4. The van der Waals surface area contributed by atoms with Crippen molar-refractivity contribution in [3.05, 3.63) is 72.9 Å². The molecule has 29 heavy (non-hydrogen) atoms. The molecule has 0 aliphatic carbocycles. The van der Waals surface area contributed by atoms with Crippen molar-refractivity contribution < 1.29 is 19.1 Å². The second-order valence-electron chi connectivity index (χ2n) is 6.31. The number of allylic oxidation sites excluding steroid dienone is 2. The van der Waals surface area contributed by atoms with Crippen LogP contribution in [-0.4, -0.2) is 24.0 Å². The molecule has 1 aliphatic heterocycles. The molecule has 2 heterocycles. The van der Waals surface area contributed by atoms with E-state index in [0.717, 1.165) is 16.9 Å². The first-order chi connectivity index (χ1) is 13.8. The Morgan fingerprint density at radius 1 is 1.10 bits per heavy atom. The number of aromatic nitrogens is 1. The van der Waals surface area contributed by atoms with Crippen LogP contribution in [0.3, 0.4) is 0 Å². The average Bonchev–Trinajstić information content (AvgIpc) is 3.03. The standard InChI is InChI=1S/C20H18Cl2N2O4S/c1-10-13(18(25)27-3)15(16-17(21)24-20(22)29-16)14(11(2)23-10)19(26)28-9-12-7-5-4-6-8-12/h4-8,15,23H,9H2,1-3H3. The van der Waals surface area contributed by atoms with E-state index in [9.17, 15) is 9.59 Å². The number of rotatable bonds is 5. The maximum atomic E-state index is 13.1. The molecule has 0 radical (unpaired) electrons. The van der Waals surface area contributed by atoms with Crippen LogP contribution in [0.5, 0.6) is 0 Å². The summed E-state index contributed by atoms with van der Waals surface area (Å²) in [5.74, 6) is -1.95. The number of hydrogen-bond acceptors (Lipinski definition) is 7. The number of nitrogens with one attached hydrogen (secondary N) is 1. The molecule has 1 atom stereocenters. The molecule has 1 aromatic carbocycles. The number of hydrogen-bond donors (Lipinski definition) is 1. The predicted molar refractivity (Wildman–Crippen MR) is 112 cm³/mol. The maximum absolute atomic E-state index is 13.1. The van der Waals surface area contributed by atoms with Gasteiger partial charge in [0.15, 0.2) is 4.47 Å². The lowest BCUT2D eigenvalue weighted by molar-refractivity contribution is -0.140. The minimum absolute atomic E-state index is 0.0939. The van der Waals surface area contributed by atoms with E-state index in [4.69, 9.17) is 32.7 Å². The van der Waals surface area contributed by atoms with Crippen molar-refractivity contribution in [1.29, 1.82) is 0 Å². The van der Waals surface area contributed by atoms with Crippen molar-refractivity contribution in [2.45, 2.75) is 26.4 Å². The second-order valence-corrected chi connectivity index (χ2v) is 8.28. The van der Waals surface area contributed by atoms with Gasteiger partial charge in [-0.05, 0) is 19.4 Å². The van der Waals surface area contributed by atoms with E-state index >= 15 is 0 Å². The van der Waals surface area contributed by atoms with Crippen LogP contribution < -0.4 is 5.32 Å². The molecule has 6 nitrogen and oxygen atoms in total. The highest BCUT2D eigenvalue weighted by Gasteiger charge is 2.40. The summed E-state index contributed by atoms with van der Waals surface area (Å²) in [6.07, 6.45) is 0. The van der Waals surface area contributed by atoms with Crippen molar-refractivity contribution in [3.8, 4) is 0 Å². The summed E-state index contributed by atoms with van der Waals surface area (Å²) in [6, 6.07) is 9.31. The Morgan fingerprint density at radius 2 is 1.72 bits per heavy atom. The average molecular weight is 453 g/mol. The quantitative estimate of drug-likeness (QED) is 0.667. The molecule has 0 saturated heterocycles. The molecule has 0 spiro atoms. The van der Waals surface area contributed by atoms with Crippen LogP contribution in [0.25, 0.3) is 0 Å². The lowest BCUT2D eigenvalue weighted by atomic mass is 9.84. The van der Waals surface area contributed by atoms with Gasteiger partial charge >= 0.3 is 11.9 Å². The van der Waals surface area contributed by atoms with Gasteiger partial charge < -0.3 is 14.8 Å². The first-order valence-corrected chi connectivity index (χ1v) is 10.2. The highest BCUT2D eigenvalue weighted by Crippen LogP contribution is 2.45. The fourth-order valence-corrected chi connectivity index (χ4v) is 4.71. The minimum atomic E-state index is -0.801. The van der Waals surface area contributed by atoms with Crippen LogP contribution in [-0.2, 0) is 25.7 Å². The number of methoxy groups -OCH3 is 1. The van der Waals surface area contributed by atoms with Crippen LogP contribution in [0.1, 0.15) is 30.2 Å². The molecule has 1 aliphatic rings. The van der Waals surface area contributed by atoms with Crippen molar-refractivity contribution in [1.82, 2.24) is 10.3 Å². The number of nitrogens with zero attached hydrogens (tertiary/aromatic N) is 1. The smallest absolute Gasteiger partial charge is 0.337 e. The van der Waals surface area contributed by atoms with Gasteiger partial charge in [0, 0.05) is 11.4 Å². The number of halogens is 2. The van der Waals surface area contributed by atoms with Crippen LogP contribution in [0, 0.1) is 0 Å². The van der Waals surface area contributed by atoms with E-state index in [-0.39, 0.29) is 27.4 Å². The highest BCUT2D eigenvalue weighted by atomic mass is 35.5. The van der Waals surface area contributed by atoms with Crippen LogP contribution >= 0.6 is 34.5 Å². The van der Waals surface area contributed by atoms with Gasteiger partial charge in [-0.25, -0.2) is 14.6 Å². The van der Waals surface area contributed by atoms with E-state index in [0.29, 0.717) is 16.3 Å². The van der Waals surface area contributed by atoms with Crippen molar-refractivity contribution in [2.75, 3.05) is 7.11 Å².